The minimum absolute atomic E-state index is 0.106. The summed E-state index contributed by atoms with van der Waals surface area (Å²) in [6.45, 7) is 5.67. The Bertz CT molecular complexity index is 821. The molecule has 0 radical (unpaired) electrons. The van der Waals surface area contributed by atoms with E-state index >= 15 is 0 Å². The lowest BCUT2D eigenvalue weighted by molar-refractivity contribution is -0.114. The molecular formula is C23H28F2N2O2. The third kappa shape index (κ3) is 4.75. The van der Waals surface area contributed by atoms with Crippen LogP contribution in [0.3, 0.4) is 0 Å². The zero-order valence-electron chi connectivity index (χ0n) is 16.9. The molecule has 1 heterocycles. The number of hydrogen-bond acceptors (Lipinski definition) is 3. The van der Waals surface area contributed by atoms with E-state index < -0.39 is 11.6 Å². The van der Waals surface area contributed by atoms with E-state index in [9.17, 15) is 18.7 Å². The van der Waals surface area contributed by atoms with Crippen molar-refractivity contribution in [2.24, 2.45) is 5.41 Å². The zero-order valence-corrected chi connectivity index (χ0v) is 16.9. The number of carbonyl (C=O) groups excluding carboxylic acids is 1. The van der Waals surface area contributed by atoms with Gasteiger partial charge in [-0.15, -0.1) is 0 Å². The fourth-order valence-electron chi connectivity index (χ4n) is 4.55. The summed E-state index contributed by atoms with van der Waals surface area (Å²) in [4.78, 5) is 13.2. The van der Waals surface area contributed by atoms with Crippen LogP contribution in [0.2, 0.25) is 0 Å². The number of phenols is 1. The first-order chi connectivity index (χ1) is 13.8. The number of phenolic OH excluding ortho intramolecular Hbond substituents is 1. The molecule has 1 saturated heterocycles. The van der Waals surface area contributed by atoms with E-state index in [0.29, 0.717) is 31.0 Å². The number of hydrogen-bond donors (Lipinski definition) is 2. The van der Waals surface area contributed by atoms with Crippen molar-refractivity contribution in [3.05, 3.63) is 65.2 Å². The smallest absolute Gasteiger partial charge is 0.207 e. The Labute approximate surface area is 170 Å². The Balaban J connectivity index is 1.88. The Kier molecular flexibility index (Phi) is 6.52. The van der Waals surface area contributed by atoms with Crippen LogP contribution in [0.1, 0.15) is 43.9 Å². The molecule has 2 aromatic carbocycles. The van der Waals surface area contributed by atoms with Gasteiger partial charge in [-0.2, -0.15) is 0 Å². The minimum atomic E-state index is -0.566. The van der Waals surface area contributed by atoms with Crippen molar-refractivity contribution < 1.29 is 18.7 Å². The highest BCUT2D eigenvalue weighted by Gasteiger charge is 2.52. The molecule has 1 aliphatic heterocycles. The molecule has 2 unspecified atom stereocenters. The van der Waals surface area contributed by atoms with Crippen LogP contribution in [-0.4, -0.2) is 35.5 Å². The summed E-state index contributed by atoms with van der Waals surface area (Å²) in [7, 11) is 0. The summed E-state index contributed by atoms with van der Waals surface area (Å²) in [6, 6.07) is 11.3. The lowest BCUT2D eigenvalue weighted by atomic mass is 9.63. The van der Waals surface area contributed by atoms with E-state index in [-0.39, 0.29) is 17.2 Å². The Hall–Kier alpha value is -2.47. The Morgan fingerprint density at radius 3 is 2.41 bits per heavy atom. The number of carbonyl (C=O) groups is 1. The second kappa shape index (κ2) is 8.91. The number of nitrogens with one attached hydrogen (secondary N) is 1. The Morgan fingerprint density at radius 1 is 1.17 bits per heavy atom. The van der Waals surface area contributed by atoms with E-state index in [0.717, 1.165) is 31.0 Å². The molecule has 2 atom stereocenters. The third-order valence-corrected chi connectivity index (χ3v) is 5.97. The zero-order chi connectivity index (χ0) is 21.0. The van der Waals surface area contributed by atoms with Crippen LogP contribution in [0.5, 0.6) is 5.75 Å². The number of aryl methyl sites for hydroxylation is 1. The van der Waals surface area contributed by atoms with Crippen molar-refractivity contribution in [2.75, 3.05) is 13.1 Å². The average Bonchev–Trinajstić information content (AvgIpc) is 2.64. The second-order valence-corrected chi connectivity index (χ2v) is 8.22. The molecule has 0 spiro atoms. The molecule has 0 saturated carbocycles. The van der Waals surface area contributed by atoms with Gasteiger partial charge in [-0.25, -0.2) is 8.78 Å². The van der Waals surface area contributed by atoms with Gasteiger partial charge in [0.25, 0.3) is 0 Å². The number of benzene rings is 2. The lowest BCUT2D eigenvalue weighted by Gasteiger charge is -2.60. The van der Waals surface area contributed by atoms with Crippen LogP contribution in [0.25, 0.3) is 0 Å². The summed E-state index contributed by atoms with van der Waals surface area (Å²) in [6.07, 6.45) is 2.75. The second-order valence-electron chi connectivity index (χ2n) is 8.22. The molecule has 3 rings (SSSR count). The van der Waals surface area contributed by atoms with E-state index in [1.165, 1.54) is 12.1 Å². The van der Waals surface area contributed by atoms with Gasteiger partial charge >= 0.3 is 0 Å². The molecule has 2 aromatic rings. The maximum absolute atomic E-state index is 13.6. The molecule has 2 N–H and O–H groups in total. The van der Waals surface area contributed by atoms with Gasteiger partial charge in [0, 0.05) is 36.7 Å². The monoisotopic (exact) mass is 402 g/mol. The molecule has 1 aliphatic rings. The van der Waals surface area contributed by atoms with Gasteiger partial charge in [0.15, 0.2) is 0 Å². The molecule has 1 fully saturated rings. The highest BCUT2D eigenvalue weighted by atomic mass is 19.1. The quantitative estimate of drug-likeness (QED) is 0.488. The molecule has 6 heteroatoms. The minimum Gasteiger partial charge on any atom is -0.508 e. The first-order valence-corrected chi connectivity index (χ1v) is 10.0. The van der Waals surface area contributed by atoms with Crippen LogP contribution >= 0.6 is 0 Å². The van der Waals surface area contributed by atoms with Gasteiger partial charge in [0.05, 0.1) is 0 Å². The van der Waals surface area contributed by atoms with Crippen LogP contribution in [0.4, 0.5) is 8.78 Å². The molecule has 4 nitrogen and oxygen atoms in total. The lowest BCUT2D eigenvalue weighted by Crippen LogP contribution is -2.61. The molecule has 1 amide bonds. The fraction of sp³-hybridized carbons (Fsp3) is 0.435. The van der Waals surface area contributed by atoms with Crippen molar-refractivity contribution in [1.82, 2.24) is 10.2 Å². The topological polar surface area (TPSA) is 52.6 Å². The highest BCUT2D eigenvalue weighted by molar-refractivity contribution is 5.45. The summed E-state index contributed by atoms with van der Waals surface area (Å²) < 4.78 is 27.2. The van der Waals surface area contributed by atoms with Crippen LogP contribution in [0, 0.1) is 17.0 Å². The first kappa shape index (κ1) is 21.2. The number of rotatable bonds is 9. The van der Waals surface area contributed by atoms with E-state index in [4.69, 9.17) is 0 Å². The first-order valence-electron chi connectivity index (χ1n) is 10.0. The van der Waals surface area contributed by atoms with E-state index in [2.05, 4.69) is 24.1 Å². The number of halogens is 2. The van der Waals surface area contributed by atoms with Gasteiger partial charge in [-0.1, -0.05) is 12.1 Å². The van der Waals surface area contributed by atoms with Gasteiger partial charge in [0.1, 0.15) is 17.4 Å². The standard InChI is InChI=1S/C23H28F2N2O2/c1-16(2)27-14-23(9-10-26-15-28,22(27)18-3-5-21(29)6-4-18)8-7-17-11-19(24)13-20(25)12-17/h3-6,11-13,15-16,22,29H,7-10,14H2,1-2H3,(H,26,28). The van der Waals surface area contributed by atoms with Crippen molar-refractivity contribution in [3.8, 4) is 5.75 Å². The molecule has 0 aliphatic carbocycles. The molecular weight excluding hydrogens is 374 g/mol. The van der Waals surface area contributed by atoms with Gasteiger partial charge in [-0.3, -0.25) is 9.69 Å². The molecule has 0 aromatic heterocycles. The van der Waals surface area contributed by atoms with Crippen molar-refractivity contribution in [3.63, 3.8) is 0 Å². The number of aromatic hydroxyl groups is 1. The van der Waals surface area contributed by atoms with Crippen LogP contribution < -0.4 is 5.32 Å². The van der Waals surface area contributed by atoms with Crippen molar-refractivity contribution >= 4 is 6.41 Å². The van der Waals surface area contributed by atoms with E-state index in [1.54, 1.807) is 12.1 Å². The summed E-state index contributed by atoms with van der Waals surface area (Å²) in [5.41, 5.74) is 1.59. The van der Waals surface area contributed by atoms with Crippen molar-refractivity contribution in [1.29, 1.82) is 0 Å². The number of likely N-dealkylation sites (tertiary alicyclic amines) is 1. The molecule has 0 bridgehead atoms. The summed E-state index contributed by atoms with van der Waals surface area (Å²) in [5.74, 6) is -0.916. The van der Waals surface area contributed by atoms with Crippen LogP contribution in [-0.2, 0) is 11.2 Å². The van der Waals surface area contributed by atoms with Crippen molar-refractivity contribution in [2.45, 2.75) is 45.2 Å². The SMILES string of the molecule is CC(C)N1CC(CCNC=O)(CCc2cc(F)cc(F)c2)C1c1ccc(O)cc1. The highest BCUT2D eigenvalue weighted by Crippen LogP contribution is 2.54. The molecule has 156 valence electrons. The van der Waals surface area contributed by atoms with Crippen LogP contribution in [0.15, 0.2) is 42.5 Å². The Morgan fingerprint density at radius 2 is 1.83 bits per heavy atom. The predicted octanol–water partition coefficient (Wildman–Crippen LogP) is 4.19. The van der Waals surface area contributed by atoms with E-state index in [1.807, 2.05) is 12.1 Å². The summed E-state index contributed by atoms with van der Waals surface area (Å²) >= 11 is 0. The summed E-state index contributed by atoms with van der Waals surface area (Å²) in [5, 5.41) is 12.4. The maximum atomic E-state index is 13.6. The maximum Gasteiger partial charge on any atom is 0.207 e. The predicted molar refractivity (Wildman–Crippen MR) is 108 cm³/mol. The molecule has 29 heavy (non-hydrogen) atoms. The third-order valence-electron chi connectivity index (χ3n) is 5.97. The average molecular weight is 402 g/mol. The largest absolute Gasteiger partial charge is 0.508 e. The van der Waals surface area contributed by atoms with Gasteiger partial charge < -0.3 is 10.4 Å². The van der Waals surface area contributed by atoms with Gasteiger partial charge in [0.2, 0.25) is 6.41 Å². The normalized spacial score (nSPS) is 21.8. The number of nitrogens with zero attached hydrogens (tertiary/aromatic N) is 1. The fourth-order valence-corrected chi connectivity index (χ4v) is 4.55. The number of amides is 1. The van der Waals surface area contributed by atoms with Gasteiger partial charge in [-0.05, 0) is 68.5 Å².